The van der Waals surface area contributed by atoms with Crippen LogP contribution in [0.2, 0.25) is 0 Å². The maximum atomic E-state index is 12.1. The number of carbonyl (C=O) groups excluding carboxylic acids is 1. The van der Waals surface area contributed by atoms with Gasteiger partial charge in [0.15, 0.2) is 5.69 Å². The van der Waals surface area contributed by atoms with Crippen molar-refractivity contribution < 1.29 is 4.79 Å². The van der Waals surface area contributed by atoms with Gasteiger partial charge in [0.2, 0.25) is 0 Å². The molecular formula is C18H19N7O. The first-order valence-corrected chi connectivity index (χ1v) is 8.70. The lowest BCUT2D eigenvalue weighted by molar-refractivity contribution is 0.0996. The molecule has 1 aliphatic rings. The number of pyridine rings is 1. The maximum Gasteiger partial charge on any atom is 0.269 e. The molecule has 0 aliphatic heterocycles. The van der Waals surface area contributed by atoms with E-state index < -0.39 is 5.91 Å². The zero-order valence-corrected chi connectivity index (χ0v) is 14.2. The molecule has 132 valence electrons. The SMILES string of the molecule is N#CCC1CCC(n2ncc3cc(-n4ccnc4)nc(C(N)=O)c32)CC1. The lowest BCUT2D eigenvalue weighted by Gasteiger charge is -2.28. The monoisotopic (exact) mass is 349 g/mol. The second-order valence-electron chi connectivity index (χ2n) is 6.73. The summed E-state index contributed by atoms with van der Waals surface area (Å²) in [6.45, 7) is 0. The number of rotatable bonds is 4. The Morgan fingerprint density at radius 3 is 2.81 bits per heavy atom. The van der Waals surface area contributed by atoms with Gasteiger partial charge in [0.25, 0.3) is 5.91 Å². The Kier molecular flexibility index (Phi) is 4.13. The van der Waals surface area contributed by atoms with E-state index in [-0.39, 0.29) is 11.7 Å². The van der Waals surface area contributed by atoms with Crippen LogP contribution in [0.1, 0.15) is 48.6 Å². The van der Waals surface area contributed by atoms with Crippen LogP contribution >= 0.6 is 0 Å². The van der Waals surface area contributed by atoms with E-state index in [4.69, 9.17) is 11.0 Å². The Balaban J connectivity index is 1.74. The minimum atomic E-state index is -0.572. The fourth-order valence-corrected chi connectivity index (χ4v) is 3.76. The number of nitriles is 1. The van der Waals surface area contributed by atoms with Crippen molar-refractivity contribution >= 4 is 16.8 Å². The van der Waals surface area contributed by atoms with Crippen LogP contribution in [-0.2, 0) is 0 Å². The van der Waals surface area contributed by atoms with Gasteiger partial charge < -0.3 is 5.73 Å². The minimum absolute atomic E-state index is 0.196. The third kappa shape index (κ3) is 2.81. The second-order valence-corrected chi connectivity index (χ2v) is 6.73. The van der Waals surface area contributed by atoms with E-state index in [1.54, 1.807) is 29.5 Å². The summed E-state index contributed by atoms with van der Waals surface area (Å²) < 4.78 is 3.62. The van der Waals surface area contributed by atoms with Crippen molar-refractivity contribution in [2.45, 2.75) is 38.1 Å². The smallest absolute Gasteiger partial charge is 0.269 e. The van der Waals surface area contributed by atoms with Crippen molar-refractivity contribution in [2.24, 2.45) is 11.7 Å². The van der Waals surface area contributed by atoms with E-state index in [0.717, 1.165) is 31.1 Å². The zero-order valence-electron chi connectivity index (χ0n) is 14.2. The van der Waals surface area contributed by atoms with Crippen molar-refractivity contribution in [1.29, 1.82) is 5.26 Å². The number of nitrogens with zero attached hydrogens (tertiary/aromatic N) is 6. The first-order chi connectivity index (χ1) is 12.7. The van der Waals surface area contributed by atoms with E-state index in [1.807, 2.05) is 10.7 Å². The van der Waals surface area contributed by atoms with Crippen molar-refractivity contribution in [2.75, 3.05) is 0 Å². The Bertz CT molecular complexity index is 975. The van der Waals surface area contributed by atoms with Crippen molar-refractivity contribution in [3.63, 3.8) is 0 Å². The van der Waals surface area contributed by atoms with Gasteiger partial charge in [0, 0.05) is 24.2 Å². The molecule has 8 heteroatoms. The molecule has 3 heterocycles. The number of hydrogen-bond acceptors (Lipinski definition) is 5. The number of hydrogen-bond donors (Lipinski definition) is 1. The normalized spacial score (nSPS) is 20.1. The van der Waals surface area contributed by atoms with Crippen molar-refractivity contribution in [3.05, 3.63) is 36.7 Å². The summed E-state index contributed by atoms with van der Waals surface area (Å²) in [6, 6.07) is 4.34. The molecule has 3 aromatic heterocycles. The van der Waals surface area contributed by atoms with E-state index in [0.29, 0.717) is 23.7 Å². The van der Waals surface area contributed by atoms with E-state index in [9.17, 15) is 4.79 Å². The molecule has 1 fully saturated rings. The highest BCUT2D eigenvalue weighted by atomic mass is 16.1. The van der Waals surface area contributed by atoms with Gasteiger partial charge in [0.1, 0.15) is 17.7 Å². The van der Waals surface area contributed by atoms with Gasteiger partial charge in [-0.25, -0.2) is 9.97 Å². The highest BCUT2D eigenvalue weighted by Gasteiger charge is 2.26. The third-order valence-corrected chi connectivity index (χ3v) is 5.10. The number of aromatic nitrogens is 5. The minimum Gasteiger partial charge on any atom is -0.364 e. The molecule has 1 saturated carbocycles. The number of carbonyl (C=O) groups is 1. The van der Waals surface area contributed by atoms with Crippen LogP contribution in [0.5, 0.6) is 0 Å². The molecule has 0 saturated heterocycles. The van der Waals surface area contributed by atoms with Gasteiger partial charge in [-0.3, -0.25) is 14.0 Å². The molecule has 0 unspecified atom stereocenters. The Labute approximate surface area is 150 Å². The number of imidazole rings is 1. The summed E-state index contributed by atoms with van der Waals surface area (Å²) in [7, 11) is 0. The van der Waals surface area contributed by atoms with Gasteiger partial charge in [-0.05, 0) is 37.7 Å². The summed E-state index contributed by atoms with van der Waals surface area (Å²) >= 11 is 0. The van der Waals surface area contributed by atoms with E-state index in [2.05, 4.69) is 21.1 Å². The largest absolute Gasteiger partial charge is 0.364 e. The van der Waals surface area contributed by atoms with Gasteiger partial charge in [-0.1, -0.05) is 0 Å². The molecule has 4 rings (SSSR count). The third-order valence-electron chi connectivity index (χ3n) is 5.10. The second kappa shape index (κ2) is 6.59. The van der Waals surface area contributed by atoms with Gasteiger partial charge in [0.05, 0.1) is 18.3 Å². The van der Waals surface area contributed by atoms with Crippen LogP contribution in [0.25, 0.3) is 16.7 Å². The number of fused-ring (bicyclic) bond motifs is 1. The van der Waals surface area contributed by atoms with Crippen molar-refractivity contribution in [3.8, 4) is 11.9 Å². The van der Waals surface area contributed by atoms with Gasteiger partial charge >= 0.3 is 0 Å². The fraction of sp³-hybridized carbons (Fsp3) is 0.389. The van der Waals surface area contributed by atoms with Crippen LogP contribution < -0.4 is 5.73 Å². The summed E-state index contributed by atoms with van der Waals surface area (Å²) in [6.07, 6.45) is 11.3. The summed E-state index contributed by atoms with van der Waals surface area (Å²) in [5, 5.41) is 14.2. The molecular weight excluding hydrogens is 330 g/mol. The summed E-state index contributed by atoms with van der Waals surface area (Å²) in [5.74, 6) is 0.470. The topological polar surface area (TPSA) is 115 Å². The van der Waals surface area contributed by atoms with Crippen LogP contribution in [0.4, 0.5) is 0 Å². The Hall–Kier alpha value is -3.21. The molecule has 0 spiro atoms. The van der Waals surface area contributed by atoms with E-state index in [1.165, 1.54) is 0 Å². The lowest BCUT2D eigenvalue weighted by Crippen LogP contribution is -2.21. The Morgan fingerprint density at radius 2 is 2.15 bits per heavy atom. The summed E-state index contributed by atoms with van der Waals surface area (Å²) in [5.41, 5.74) is 6.53. The molecule has 0 atom stereocenters. The molecule has 8 nitrogen and oxygen atoms in total. The first kappa shape index (κ1) is 16.3. The predicted molar refractivity (Wildman–Crippen MR) is 94.4 cm³/mol. The summed E-state index contributed by atoms with van der Waals surface area (Å²) in [4.78, 5) is 20.5. The molecule has 2 N–H and O–H groups in total. The van der Waals surface area contributed by atoms with E-state index >= 15 is 0 Å². The quantitative estimate of drug-likeness (QED) is 0.776. The lowest BCUT2D eigenvalue weighted by atomic mass is 9.84. The zero-order chi connectivity index (χ0) is 18.1. The van der Waals surface area contributed by atoms with Crippen LogP contribution in [0, 0.1) is 17.2 Å². The van der Waals surface area contributed by atoms with Crippen molar-refractivity contribution in [1.82, 2.24) is 24.3 Å². The number of nitrogens with two attached hydrogens (primary N) is 1. The fourth-order valence-electron chi connectivity index (χ4n) is 3.76. The Morgan fingerprint density at radius 1 is 1.35 bits per heavy atom. The average Bonchev–Trinajstić information content (AvgIpc) is 3.31. The molecule has 0 aromatic carbocycles. The molecule has 1 aliphatic carbocycles. The number of amides is 1. The standard InChI is InChI=1S/C18H19N7O/c19-6-5-12-1-3-14(4-2-12)25-17-13(10-22-25)9-15(23-16(17)18(20)26)24-8-7-21-11-24/h7-12,14H,1-5H2,(H2,20,26). The first-order valence-electron chi connectivity index (χ1n) is 8.70. The predicted octanol–water partition coefficient (Wildman–Crippen LogP) is 2.36. The van der Waals surface area contributed by atoms with Crippen LogP contribution in [0.3, 0.4) is 0 Å². The highest BCUT2D eigenvalue weighted by Crippen LogP contribution is 2.35. The van der Waals surface area contributed by atoms with Crippen LogP contribution in [0.15, 0.2) is 31.0 Å². The molecule has 3 aromatic rings. The average molecular weight is 349 g/mol. The van der Waals surface area contributed by atoms with Gasteiger partial charge in [-0.2, -0.15) is 10.4 Å². The van der Waals surface area contributed by atoms with Crippen LogP contribution in [-0.4, -0.2) is 30.2 Å². The molecule has 1 amide bonds. The molecule has 26 heavy (non-hydrogen) atoms. The molecule has 0 radical (unpaired) electrons. The van der Waals surface area contributed by atoms with Gasteiger partial charge in [-0.15, -0.1) is 0 Å². The molecule has 0 bridgehead atoms. The maximum absolute atomic E-state index is 12.1. The highest BCUT2D eigenvalue weighted by molar-refractivity contribution is 6.03. The number of primary amides is 1.